The highest BCUT2D eigenvalue weighted by molar-refractivity contribution is 7.99. The molecule has 0 aliphatic heterocycles. The van der Waals surface area contributed by atoms with Crippen molar-refractivity contribution in [1.29, 1.82) is 0 Å². The smallest absolute Gasteiger partial charge is 0.226 e. The van der Waals surface area contributed by atoms with E-state index in [-0.39, 0.29) is 5.91 Å². The fourth-order valence-electron chi connectivity index (χ4n) is 1.78. The quantitative estimate of drug-likeness (QED) is 0.789. The van der Waals surface area contributed by atoms with E-state index in [2.05, 4.69) is 34.3 Å². The molecule has 0 aliphatic carbocycles. The molecule has 5 heteroatoms. The fourth-order valence-corrected chi connectivity index (χ4v) is 2.58. The number of aromatic amines is 1. The highest BCUT2D eigenvalue weighted by atomic mass is 32.2. The van der Waals surface area contributed by atoms with Crippen molar-refractivity contribution in [3.8, 4) is 0 Å². The van der Waals surface area contributed by atoms with Crippen LogP contribution in [0.2, 0.25) is 0 Å². The molecule has 1 aromatic carbocycles. The lowest BCUT2D eigenvalue weighted by molar-refractivity contribution is -0.116. The summed E-state index contributed by atoms with van der Waals surface area (Å²) in [6.45, 7) is 4.15. The highest BCUT2D eigenvalue weighted by Crippen LogP contribution is 2.23. The van der Waals surface area contributed by atoms with Gasteiger partial charge in [0.15, 0.2) is 0 Å². The average molecular weight is 277 g/mol. The molecule has 0 aliphatic rings. The lowest BCUT2D eigenvalue weighted by Gasteiger charge is -1.98. The fraction of sp³-hybridized carbons (Fsp3) is 0.429. The van der Waals surface area contributed by atoms with Crippen molar-refractivity contribution in [3.63, 3.8) is 0 Å². The summed E-state index contributed by atoms with van der Waals surface area (Å²) in [5, 5.41) is 2.78. The van der Waals surface area contributed by atoms with Gasteiger partial charge in [0.2, 0.25) is 11.9 Å². The summed E-state index contributed by atoms with van der Waals surface area (Å²) in [4.78, 5) is 20.3. The Bertz CT molecular complexity index is 565. The monoisotopic (exact) mass is 277 g/mol. The molecule has 0 unspecified atom stereocenters. The number of aromatic nitrogens is 2. The zero-order valence-electron chi connectivity index (χ0n) is 11.3. The number of imidazole rings is 1. The Kier molecular flexibility index (Phi) is 4.85. The number of rotatable bonds is 6. The topological polar surface area (TPSA) is 57.8 Å². The number of hydrogen-bond acceptors (Lipinski definition) is 3. The van der Waals surface area contributed by atoms with Gasteiger partial charge in [0.1, 0.15) is 0 Å². The average Bonchev–Trinajstić information content (AvgIpc) is 2.77. The van der Waals surface area contributed by atoms with Crippen molar-refractivity contribution < 1.29 is 4.79 Å². The van der Waals surface area contributed by atoms with Crippen molar-refractivity contribution in [3.05, 3.63) is 18.2 Å². The SMILES string of the molecule is CCCSc1ccc2nc(NC(=O)CCC)[nH]c2c1. The molecule has 2 aromatic rings. The summed E-state index contributed by atoms with van der Waals surface area (Å²) >= 11 is 1.83. The van der Waals surface area contributed by atoms with Crippen LogP contribution >= 0.6 is 11.8 Å². The van der Waals surface area contributed by atoms with Crippen molar-refractivity contribution in [2.24, 2.45) is 0 Å². The Balaban J connectivity index is 2.13. The lowest BCUT2D eigenvalue weighted by atomic mass is 10.3. The number of H-pyrrole nitrogens is 1. The standard InChI is InChI=1S/C14H19N3OS/c1-3-5-13(18)17-14-15-11-7-6-10(19-8-4-2)9-12(11)16-14/h6-7,9H,3-5,8H2,1-2H3,(H2,15,16,17,18). The third kappa shape index (κ3) is 3.73. The van der Waals surface area contributed by atoms with Gasteiger partial charge in [-0.05, 0) is 36.8 Å². The zero-order valence-corrected chi connectivity index (χ0v) is 12.1. The number of thioether (sulfide) groups is 1. The van der Waals surface area contributed by atoms with Crippen LogP contribution in [-0.4, -0.2) is 21.6 Å². The van der Waals surface area contributed by atoms with Crippen LogP contribution < -0.4 is 5.32 Å². The molecule has 1 aromatic heterocycles. The van der Waals surface area contributed by atoms with Gasteiger partial charge in [-0.15, -0.1) is 11.8 Å². The number of nitrogens with one attached hydrogen (secondary N) is 2. The second-order valence-corrected chi connectivity index (χ2v) is 5.58. The van der Waals surface area contributed by atoms with E-state index in [4.69, 9.17) is 0 Å². The number of hydrogen-bond donors (Lipinski definition) is 2. The summed E-state index contributed by atoms with van der Waals surface area (Å²) < 4.78 is 0. The Morgan fingerprint density at radius 1 is 1.37 bits per heavy atom. The van der Waals surface area contributed by atoms with Crippen LogP contribution in [0, 0.1) is 0 Å². The molecule has 1 heterocycles. The molecule has 19 heavy (non-hydrogen) atoms. The Labute approximate surface area is 117 Å². The van der Waals surface area contributed by atoms with E-state index < -0.39 is 0 Å². The van der Waals surface area contributed by atoms with Gasteiger partial charge >= 0.3 is 0 Å². The molecule has 0 atom stereocenters. The molecular formula is C14H19N3OS. The van der Waals surface area contributed by atoms with Gasteiger partial charge in [0, 0.05) is 11.3 Å². The Hall–Kier alpha value is -1.49. The van der Waals surface area contributed by atoms with Gasteiger partial charge in [0.25, 0.3) is 0 Å². The van der Waals surface area contributed by atoms with E-state index in [1.807, 2.05) is 24.8 Å². The van der Waals surface area contributed by atoms with Gasteiger partial charge in [-0.25, -0.2) is 4.98 Å². The van der Waals surface area contributed by atoms with Crippen LogP contribution in [0.4, 0.5) is 5.95 Å². The van der Waals surface area contributed by atoms with Crippen LogP contribution in [0.5, 0.6) is 0 Å². The molecule has 102 valence electrons. The van der Waals surface area contributed by atoms with Gasteiger partial charge < -0.3 is 4.98 Å². The van der Waals surface area contributed by atoms with Gasteiger partial charge in [0.05, 0.1) is 11.0 Å². The first-order valence-corrected chi connectivity index (χ1v) is 7.64. The molecule has 0 spiro atoms. The first-order chi connectivity index (χ1) is 9.22. The first-order valence-electron chi connectivity index (χ1n) is 6.65. The molecule has 4 nitrogen and oxygen atoms in total. The highest BCUT2D eigenvalue weighted by Gasteiger charge is 2.06. The van der Waals surface area contributed by atoms with Crippen LogP contribution in [0.3, 0.4) is 0 Å². The van der Waals surface area contributed by atoms with Gasteiger partial charge in [-0.2, -0.15) is 0 Å². The number of carbonyl (C=O) groups excluding carboxylic acids is 1. The number of benzene rings is 1. The summed E-state index contributed by atoms with van der Waals surface area (Å²) in [5.41, 5.74) is 1.85. The van der Waals surface area contributed by atoms with Crippen molar-refractivity contribution in [2.45, 2.75) is 38.0 Å². The largest absolute Gasteiger partial charge is 0.324 e. The second kappa shape index (κ2) is 6.61. The van der Waals surface area contributed by atoms with Crippen molar-refractivity contribution in [2.75, 3.05) is 11.1 Å². The predicted octanol–water partition coefficient (Wildman–Crippen LogP) is 3.80. The molecule has 0 bridgehead atoms. The maximum Gasteiger partial charge on any atom is 0.226 e. The van der Waals surface area contributed by atoms with E-state index >= 15 is 0 Å². The van der Waals surface area contributed by atoms with Crippen molar-refractivity contribution >= 4 is 34.7 Å². The molecule has 1 amide bonds. The van der Waals surface area contributed by atoms with Crippen LogP contribution in [0.25, 0.3) is 11.0 Å². The lowest BCUT2D eigenvalue weighted by Crippen LogP contribution is -2.11. The van der Waals surface area contributed by atoms with Crippen LogP contribution in [0.15, 0.2) is 23.1 Å². The molecule has 0 fully saturated rings. The normalized spacial score (nSPS) is 10.8. The summed E-state index contributed by atoms with van der Waals surface area (Å²) in [6.07, 6.45) is 2.52. The molecule has 0 saturated carbocycles. The third-order valence-electron chi connectivity index (χ3n) is 2.66. The Morgan fingerprint density at radius 3 is 2.95 bits per heavy atom. The number of nitrogens with zero attached hydrogens (tertiary/aromatic N) is 1. The first kappa shape index (κ1) is 13.9. The third-order valence-corrected chi connectivity index (χ3v) is 3.86. The molecule has 0 saturated heterocycles. The molecular weight excluding hydrogens is 258 g/mol. The summed E-state index contributed by atoms with van der Waals surface area (Å²) in [7, 11) is 0. The van der Waals surface area contributed by atoms with E-state index in [0.29, 0.717) is 12.4 Å². The minimum absolute atomic E-state index is 0.00198. The van der Waals surface area contributed by atoms with Gasteiger partial charge in [-0.3, -0.25) is 10.1 Å². The number of fused-ring (bicyclic) bond motifs is 1. The number of amides is 1. The van der Waals surface area contributed by atoms with E-state index in [1.54, 1.807) is 0 Å². The minimum atomic E-state index is 0.00198. The summed E-state index contributed by atoms with van der Waals surface area (Å²) in [6, 6.07) is 6.14. The molecule has 2 N–H and O–H groups in total. The second-order valence-electron chi connectivity index (χ2n) is 4.41. The molecule has 0 radical (unpaired) electrons. The van der Waals surface area contributed by atoms with Gasteiger partial charge in [-0.1, -0.05) is 13.8 Å². The van der Waals surface area contributed by atoms with Crippen LogP contribution in [-0.2, 0) is 4.79 Å². The summed E-state index contributed by atoms with van der Waals surface area (Å²) in [5.74, 6) is 1.65. The zero-order chi connectivity index (χ0) is 13.7. The Morgan fingerprint density at radius 2 is 2.21 bits per heavy atom. The maximum absolute atomic E-state index is 11.5. The van der Waals surface area contributed by atoms with Crippen molar-refractivity contribution in [1.82, 2.24) is 9.97 Å². The van der Waals surface area contributed by atoms with Crippen LogP contribution in [0.1, 0.15) is 33.1 Å². The predicted molar refractivity (Wildman–Crippen MR) is 80.6 cm³/mol. The number of carbonyl (C=O) groups is 1. The maximum atomic E-state index is 11.5. The number of anilines is 1. The molecule has 2 rings (SSSR count). The van der Waals surface area contributed by atoms with E-state index in [0.717, 1.165) is 29.6 Å². The van der Waals surface area contributed by atoms with E-state index in [9.17, 15) is 4.79 Å². The minimum Gasteiger partial charge on any atom is -0.324 e. The van der Waals surface area contributed by atoms with E-state index in [1.165, 1.54) is 4.90 Å².